The molecule has 1 fully saturated rings. The summed E-state index contributed by atoms with van der Waals surface area (Å²) in [7, 11) is 0. The minimum atomic E-state index is 0. The van der Waals surface area contributed by atoms with Gasteiger partial charge in [0.2, 0.25) is 0 Å². The quantitative estimate of drug-likeness (QED) is 0.857. The third-order valence-corrected chi connectivity index (χ3v) is 2.95. The van der Waals surface area contributed by atoms with Crippen molar-refractivity contribution in [2.45, 2.75) is 25.8 Å². The van der Waals surface area contributed by atoms with Crippen molar-refractivity contribution in [2.24, 2.45) is 0 Å². The van der Waals surface area contributed by atoms with Crippen LogP contribution in [0.3, 0.4) is 0 Å². The Kier molecular flexibility index (Phi) is 5.25. The molecule has 90 valence electrons. The van der Waals surface area contributed by atoms with Crippen molar-refractivity contribution in [3.05, 3.63) is 16.8 Å². The summed E-state index contributed by atoms with van der Waals surface area (Å²) in [6.07, 6.45) is 2.38. The van der Waals surface area contributed by atoms with Crippen LogP contribution in [0.4, 0.5) is 5.82 Å². The molecule has 0 spiro atoms. The van der Waals surface area contributed by atoms with E-state index in [9.17, 15) is 0 Å². The van der Waals surface area contributed by atoms with Gasteiger partial charge in [-0.3, -0.25) is 0 Å². The number of aryl methyl sites for hydroxylation is 1. The number of nitrogens with one attached hydrogen (secondary N) is 2. The number of halogens is 2. The summed E-state index contributed by atoms with van der Waals surface area (Å²) in [6, 6.07) is 2.39. The van der Waals surface area contributed by atoms with Gasteiger partial charge >= 0.3 is 0 Å². The number of anilines is 1. The van der Waals surface area contributed by atoms with Crippen LogP contribution in [0.25, 0.3) is 0 Å². The molecule has 1 saturated heterocycles. The molecule has 1 aliphatic heterocycles. The van der Waals surface area contributed by atoms with Gasteiger partial charge in [-0.15, -0.1) is 22.6 Å². The second kappa shape index (κ2) is 6.23. The average Bonchev–Trinajstić information content (AvgIpc) is 2.25. The van der Waals surface area contributed by atoms with E-state index in [1.165, 1.54) is 12.8 Å². The number of rotatable bonds is 2. The van der Waals surface area contributed by atoms with Gasteiger partial charge in [0, 0.05) is 12.6 Å². The number of nitrogens with zero attached hydrogens (tertiary/aromatic N) is 2. The maximum atomic E-state index is 5.81. The van der Waals surface area contributed by atoms with Crippen LogP contribution >= 0.6 is 24.0 Å². The first-order valence-corrected chi connectivity index (χ1v) is 5.60. The lowest BCUT2D eigenvalue weighted by Gasteiger charge is -2.24. The Morgan fingerprint density at radius 2 is 2.31 bits per heavy atom. The van der Waals surface area contributed by atoms with Crippen LogP contribution in [-0.4, -0.2) is 29.3 Å². The largest absolute Gasteiger partial charge is 0.365 e. The van der Waals surface area contributed by atoms with Gasteiger partial charge in [-0.2, -0.15) is 0 Å². The molecule has 6 heteroatoms. The summed E-state index contributed by atoms with van der Waals surface area (Å²) in [5.41, 5.74) is 0.956. The fourth-order valence-electron chi connectivity index (χ4n) is 1.72. The Morgan fingerprint density at radius 1 is 1.50 bits per heavy atom. The normalized spacial score (nSPS) is 20.0. The lowest BCUT2D eigenvalue weighted by molar-refractivity contribution is 0.478. The van der Waals surface area contributed by atoms with E-state index in [1.54, 1.807) is 0 Å². The van der Waals surface area contributed by atoms with Crippen molar-refractivity contribution in [3.63, 3.8) is 0 Å². The number of hydrogen-bond donors (Lipinski definition) is 2. The van der Waals surface area contributed by atoms with Crippen LogP contribution in [-0.2, 0) is 0 Å². The predicted octanol–water partition coefficient (Wildman–Crippen LogP) is 2.02. The lowest BCUT2D eigenvalue weighted by Crippen LogP contribution is -2.38. The van der Waals surface area contributed by atoms with Crippen molar-refractivity contribution in [3.8, 4) is 0 Å². The van der Waals surface area contributed by atoms with E-state index >= 15 is 0 Å². The van der Waals surface area contributed by atoms with Gasteiger partial charge in [-0.25, -0.2) is 0 Å². The van der Waals surface area contributed by atoms with Crippen LogP contribution in [0.2, 0.25) is 5.15 Å². The van der Waals surface area contributed by atoms with E-state index in [0.29, 0.717) is 11.2 Å². The third-order valence-electron chi connectivity index (χ3n) is 2.57. The summed E-state index contributed by atoms with van der Waals surface area (Å²) < 4.78 is 0. The van der Waals surface area contributed by atoms with Crippen LogP contribution in [0.5, 0.6) is 0 Å². The van der Waals surface area contributed by atoms with Gasteiger partial charge in [-0.1, -0.05) is 11.6 Å². The van der Waals surface area contributed by atoms with Crippen molar-refractivity contribution >= 4 is 29.8 Å². The first kappa shape index (κ1) is 13.5. The van der Waals surface area contributed by atoms with Gasteiger partial charge in [0.1, 0.15) is 5.82 Å². The van der Waals surface area contributed by atoms with Crippen molar-refractivity contribution in [2.75, 3.05) is 18.4 Å². The highest BCUT2D eigenvalue weighted by Crippen LogP contribution is 2.15. The topological polar surface area (TPSA) is 49.8 Å². The minimum absolute atomic E-state index is 0. The summed E-state index contributed by atoms with van der Waals surface area (Å²) in [5, 5.41) is 15.1. The first-order valence-electron chi connectivity index (χ1n) is 5.23. The molecule has 0 bridgehead atoms. The fourth-order valence-corrected chi connectivity index (χ4v) is 1.82. The molecule has 2 N–H and O–H groups in total. The molecule has 16 heavy (non-hydrogen) atoms. The van der Waals surface area contributed by atoms with E-state index in [-0.39, 0.29) is 12.4 Å². The Morgan fingerprint density at radius 3 is 2.94 bits per heavy atom. The predicted molar refractivity (Wildman–Crippen MR) is 68.5 cm³/mol. The van der Waals surface area contributed by atoms with Gasteiger partial charge in [0.25, 0.3) is 0 Å². The van der Waals surface area contributed by atoms with E-state index < -0.39 is 0 Å². The van der Waals surface area contributed by atoms with Crippen molar-refractivity contribution in [1.29, 1.82) is 0 Å². The summed E-state index contributed by atoms with van der Waals surface area (Å²) in [4.78, 5) is 0. The second-order valence-electron chi connectivity index (χ2n) is 3.89. The molecule has 0 saturated carbocycles. The summed E-state index contributed by atoms with van der Waals surface area (Å²) >= 11 is 5.81. The number of hydrogen-bond acceptors (Lipinski definition) is 4. The molecule has 1 aliphatic rings. The molecule has 0 aromatic carbocycles. The lowest BCUT2D eigenvalue weighted by atomic mass is 10.1. The van der Waals surface area contributed by atoms with E-state index in [2.05, 4.69) is 20.8 Å². The standard InChI is InChI=1S/C10H15ClN4.ClH/c1-7-5-9(14-15-10(7)11)13-8-3-2-4-12-6-8;/h5,8,12H,2-4,6H2,1H3,(H,13,14);1H/t8-;/m1./s1. The maximum absolute atomic E-state index is 5.81. The van der Waals surface area contributed by atoms with Crippen LogP contribution in [0, 0.1) is 6.92 Å². The summed E-state index contributed by atoms with van der Waals surface area (Å²) in [6.45, 7) is 4.04. The smallest absolute Gasteiger partial charge is 0.154 e. The SMILES string of the molecule is Cc1cc(N[C@@H]2CCCNC2)nnc1Cl.Cl. The fraction of sp³-hybridized carbons (Fsp3) is 0.600. The molecule has 0 radical (unpaired) electrons. The zero-order valence-corrected chi connectivity index (χ0v) is 10.7. The highest BCUT2D eigenvalue weighted by molar-refractivity contribution is 6.30. The third kappa shape index (κ3) is 3.47. The molecule has 2 heterocycles. The van der Waals surface area contributed by atoms with Gasteiger partial charge in [0.15, 0.2) is 5.15 Å². The average molecular weight is 263 g/mol. The molecule has 4 nitrogen and oxygen atoms in total. The van der Waals surface area contributed by atoms with E-state index in [4.69, 9.17) is 11.6 Å². The highest BCUT2D eigenvalue weighted by Gasteiger charge is 2.13. The molecule has 0 aliphatic carbocycles. The van der Waals surface area contributed by atoms with Crippen LogP contribution in [0.15, 0.2) is 6.07 Å². The Hall–Kier alpha value is -0.580. The summed E-state index contributed by atoms with van der Waals surface area (Å²) in [5.74, 6) is 0.811. The molecular formula is C10H16Cl2N4. The maximum Gasteiger partial charge on any atom is 0.154 e. The molecule has 1 aromatic heterocycles. The second-order valence-corrected chi connectivity index (χ2v) is 4.25. The number of piperidine rings is 1. The van der Waals surface area contributed by atoms with Crippen LogP contribution < -0.4 is 10.6 Å². The Balaban J connectivity index is 0.00000128. The first-order chi connectivity index (χ1) is 7.25. The minimum Gasteiger partial charge on any atom is -0.365 e. The Labute approximate surface area is 107 Å². The monoisotopic (exact) mass is 262 g/mol. The molecule has 1 aromatic rings. The molecular weight excluding hydrogens is 247 g/mol. The molecule has 0 unspecified atom stereocenters. The van der Waals surface area contributed by atoms with Gasteiger partial charge in [0.05, 0.1) is 0 Å². The van der Waals surface area contributed by atoms with Gasteiger partial charge in [-0.05, 0) is 37.9 Å². The van der Waals surface area contributed by atoms with Crippen LogP contribution in [0.1, 0.15) is 18.4 Å². The highest BCUT2D eigenvalue weighted by atomic mass is 35.5. The zero-order valence-electron chi connectivity index (χ0n) is 9.16. The van der Waals surface area contributed by atoms with Crippen molar-refractivity contribution < 1.29 is 0 Å². The van der Waals surface area contributed by atoms with E-state index in [1.807, 2.05) is 13.0 Å². The molecule has 2 rings (SSSR count). The molecule has 1 atom stereocenters. The Bertz CT molecular complexity index is 340. The zero-order chi connectivity index (χ0) is 10.7. The van der Waals surface area contributed by atoms with Gasteiger partial charge < -0.3 is 10.6 Å². The molecule has 0 amide bonds. The van der Waals surface area contributed by atoms with E-state index in [0.717, 1.165) is 24.5 Å². The van der Waals surface area contributed by atoms with Crippen molar-refractivity contribution in [1.82, 2.24) is 15.5 Å². The number of aromatic nitrogens is 2.